The van der Waals surface area contributed by atoms with E-state index in [0.29, 0.717) is 19.5 Å². The van der Waals surface area contributed by atoms with Gasteiger partial charge in [-0.05, 0) is 6.42 Å². The van der Waals surface area contributed by atoms with Crippen molar-refractivity contribution in [2.75, 3.05) is 13.1 Å². The third kappa shape index (κ3) is 2.18. The Hall–Kier alpha value is -1.67. The molecule has 3 heterocycles. The Labute approximate surface area is 123 Å². The van der Waals surface area contributed by atoms with Gasteiger partial charge in [0.05, 0.1) is 18.4 Å². The van der Waals surface area contributed by atoms with Gasteiger partial charge < -0.3 is 9.47 Å². The first-order chi connectivity index (χ1) is 9.95. The van der Waals surface area contributed by atoms with Gasteiger partial charge in [-0.2, -0.15) is 4.31 Å². The van der Waals surface area contributed by atoms with Crippen LogP contribution in [-0.2, 0) is 21.9 Å². The topological polar surface area (TPSA) is 75.5 Å². The zero-order chi connectivity index (χ0) is 15.2. The number of aromatic nitrogens is 2. The minimum Gasteiger partial charge on any atom is -0.339 e. The molecule has 2 aliphatic rings. The number of carbonyl (C=O) groups is 1. The zero-order valence-corrected chi connectivity index (χ0v) is 12.7. The van der Waals surface area contributed by atoms with Crippen LogP contribution in [0.25, 0.3) is 0 Å². The minimum absolute atomic E-state index is 0.00850. The summed E-state index contributed by atoms with van der Waals surface area (Å²) in [4.78, 5) is 17.7. The van der Waals surface area contributed by atoms with Crippen LogP contribution < -0.4 is 0 Å². The molecule has 0 aromatic carbocycles. The van der Waals surface area contributed by atoms with Crippen LogP contribution in [0.5, 0.6) is 0 Å². The van der Waals surface area contributed by atoms with Crippen LogP contribution in [0.2, 0.25) is 0 Å². The first-order valence-corrected chi connectivity index (χ1v) is 8.29. The second-order valence-corrected chi connectivity index (χ2v) is 7.29. The second-order valence-electron chi connectivity index (χ2n) is 5.46. The van der Waals surface area contributed by atoms with Gasteiger partial charge in [0, 0.05) is 32.8 Å². The van der Waals surface area contributed by atoms with Gasteiger partial charge in [-0.1, -0.05) is 6.08 Å². The van der Waals surface area contributed by atoms with Gasteiger partial charge in [0.2, 0.25) is 5.91 Å². The maximum Gasteiger partial charge on any atom is 0.262 e. The average Bonchev–Trinajstić information content (AvgIpc) is 3.08. The van der Waals surface area contributed by atoms with E-state index < -0.39 is 10.0 Å². The number of amides is 1. The zero-order valence-electron chi connectivity index (χ0n) is 11.8. The predicted octanol–water partition coefficient (Wildman–Crippen LogP) is -0.0300. The van der Waals surface area contributed by atoms with Gasteiger partial charge >= 0.3 is 0 Å². The highest BCUT2D eigenvalue weighted by molar-refractivity contribution is 7.89. The van der Waals surface area contributed by atoms with Crippen molar-refractivity contribution < 1.29 is 13.2 Å². The van der Waals surface area contributed by atoms with Crippen LogP contribution >= 0.6 is 0 Å². The summed E-state index contributed by atoms with van der Waals surface area (Å²) in [5, 5.41) is 0.0419. The Kier molecular flexibility index (Phi) is 3.37. The van der Waals surface area contributed by atoms with E-state index in [1.165, 1.54) is 16.8 Å². The number of sulfonamides is 1. The van der Waals surface area contributed by atoms with Gasteiger partial charge in [-0.3, -0.25) is 4.79 Å². The highest BCUT2D eigenvalue weighted by atomic mass is 32.2. The molecular weight excluding hydrogens is 292 g/mol. The number of nitrogens with zero attached hydrogens (tertiary/aromatic N) is 4. The van der Waals surface area contributed by atoms with Gasteiger partial charge in [0.15, 0.2) is 5.03 Å². The fraction of sp³-hybridized carbons (Fsp3) is 0.538. The standard InChI is InChI=1S/C13H18N4O3S/c1-3-5-16-10-4-6-17(11(10)7-13(16)18)21(19,20)12-8-15(2)9-14-12/h3,8-11H,1,4-7H2,2H3/t10-,11+/m1/s1. The largest absolute Gasteiger partial charge is 0.339 e. The smallest absolute Gasteiger partial charge is 0.262 e. The highest BCUT2D eigenvalue weighted by Gasteiger charge is 2.50. The van der Waals surface area contributed by atoms with Crippen LogP contribution in [0.1, 0.15) is 12.8 Å². The van der Waals surface area contributed by atoms with Gasteiger partial charge in [-0.25, -0.2) is 13.4 Å². The van der Waals surface area contributed by atoms with E-state index in [9.17, 15) is 13.2 Å². The third-order valence-corrected chi connectivity index (χ3v) is 5.95. The van der Waals surface area contributed by atoms with E-state index in [1.807, 2.05) is 0 Å². The molecule has 7 nitrogen and oxygen atoms in total. The molecule has 1 aromatic heterocycles. The third-order valence-electron chi connectivity index (χ3n) is 4.14. The molecule has 2 fully saturated rings. The van der Waals surface area contributed by atoms with Crippen molar-refractivity contribution in [3.63, 3.8) is 0 Å². The number of aryl methyl sites for hydroxylation is 1. The summed E-state index contributed by atoms with van der Waals surface area (Å²) >= 11 is 0. The SMILES string of the molecule is C=CCN1C(=O)C[C@H]2[C@H]1CCN2S(=O)(=O)c1cn(C)cn1. The molecule has 0 N–H and O–H groups in total. The van der Waals surface area contributed by atoms with Crippen molar-refractivity contribution in [2.24, 2.45) is 7.05 Å². The molecule has 0 aliphatic carbocycles. The summed E-state index contributed by atoms with van der Waals surface area (Å²) < 4.78 is 28.4. The molecule has 1 amide bonds. The number of fused-ring (bicyclic) bond motifs is 1. The van der Waals surface area contributed by atoms with Crippen LogP contribution in [0.4, 0.5) is 0 Å². The summed E-state index contributed by atoms with van der Waals surface area (Å²) in [7, 11) is -1.91. The number of hydrogen-bond acceptors (Lipinski definition) is 4. The Morgan fingerprint density at radius 1 is 1.48 bits per heavy atom. The summed E-state index contributed by atoms with van der Waals surface area (Å²) in [6.07, 6.45) is 5.53. The maximum atomic E-state index is 12.7. The number of imidazole rings is 1. The molecule has 3 rings (SSSR count). The Morgan fingerprint density at radius 2 is 2.24 bits per heavy atom. The van der Waals surface area contributed by atoms with Crippen molar-refractivity contribution in [2.45, 2.75) is 30.0 Å². The lowest BCUT2D eigenvalue weighted by Crippen LogP contribution is -2.40. The van der Waals surface area contributed by atoms with Crippen LogP contribution in [0.3, 0.4) is 0 Å². The summed E-state index contributed by atoms with van der Waals surface area (Å²) in [6, 6.07) is -0.335. The molecule has 2 aliphatic heterocycles. The number of rotatable bonds is 4. The minimum atomic E-state index is -3.64. The highest BCUT2D eigenvalue weighted by Crippen LogP contribution is 2.35. The quantitative estimate of drug-likeness (QED) is 0.732. The van der Waals surface area contributed by atoms with E-state index in [1.54, 1.807) is 22.6 Å². The molecule has 2 saturated heterocycles. The molecule has 2 atom stereocenters. The van der Waals surface area contributed by atoms with Crippen LogP contribution in [0.15, 0.2) is 30.2 Å². The molecule has 0 saturated carbocycles. The lowest BCUT2D eigenvalue weighted by atomic mass is 10.1. The summed E-state index contributed by atoms with van der Waals surface area (Å²) in [6.45, 7) is 4.55. The molecule has 21 heavy (non-hydrogen) atoms. The molecule has 0 radical (unpaired) electrons. The van der Waals surface area contributed by atoms with E-state index in [-0.39, 0.29) is 29.4 Å². The van der Waals surface area contributed by atoms with Crippen LogP contribution in [-0.4, -0.2) is 58.3 Å². The van der Waals surface area contributed by atoms with Crippen molar-refractivity contribution in [1.29, 1.82) is 0 Å². The monoisotopic (exact) mass is 310 g/mol. The first-order valence-electron chi connectivity index (χ1n) is 6.85. The fourth-order valence-corrected chi connectivity index (χ4v) is 4.85. The van der Waals surface area contributed by atoms with Crippen molar-refractivity contribution in [1.82, 2.24) is 18.8 Å². The molecule has 1 aromatic rings. The Morgan fingerprint density at radius 3 is 2.86 bits per heavy atom. The van der Waals surface area contributed by atoms with E-state index >= 15 is 0 Å². The normalized spacial score (nSPS) is 26.3. The molecular formula is C13H18N4O3S. The Balaban J connectivity index is 1.89. The molecule has 114 valence electrons. The number of hydrogen-bond donors (Lipinski definition) is 0. The second kappa shape index (κ2) is 4.96. The van der Waals surface area contributed by atoms with Gasteiger partial charge in [0.1, 0.15) is 0 Å². The molecule has 0 spiro atoms. The van der Waals surface area contributed by atoms with Gasteiger partial charge in [-0.15, -0.1) is 6.58 Å². The van der Waals surface area contributed by atoms with Crippen molar-refractivity contribution >= 4 is 15.9 Å². The number of carbonyl (C=O) groups excluding carboxylic acids is 1. The van der Waals surface area contributed by atoms with E-state index in [0.717, 1.165) is 0 Å². The van der Waals surface area contributed by atoms with E-state index in [2.05, 4.69) is 11.6 Å². The molecule has 0 bridgehead atoms. The first kappa shape index (κ1) is 14.3. The van der Waals surface area contributed by atoms with Gasteiger partial charge in [0.25, 0.3) is 10.0 Å². The summed E-state index contributed by atoms with van der Waals surface area (Å²) in [5.41, 5.74) is 0. The fourth-order valence-electron chi connectivity index (χ4n) is 3.21. The predicted molar refractivity (Wildman–Crippen MR) is 75.8 cm³/mol. The van der Waals surface area contributed by atoms with E-state index in [4.69, 9.17) is 0 Å². The van der Waals surface area contributed by atoms with Crippen molar-refractivity contribution in [3.8, 4) is 0 Å². The van der Waals surface area contributed by atoms with Crippen molar-refractivity contribution in [3.05, 3.63) is 25.2 Å². The molecule has 8 heteroatoms. The Bertz CT molecular complexity index is 681. The average molecular weight is 310 g/mol. The molecule has 0 unspecified atom stereocenters. The maximum absolute atomic E-state index is 12.7. The van der Waals surface area contributed by atoms with Crippen LogP contribution in [0, 0.1) is 0 Å². The lowest BCUT2D eigenvalue weighted by molar-refractivity contribution is -0.128. The lowest BCUT2D eigenvalue weighted by Gasteiger charge is -2.23. The number of likely N-dealkylation sites (tertiary alicyclic amines) is 1. The summed E-state index contributed by atoms with van der Waals surface area (Å²) in [5.74, 6) is -0.00850.